The SMILES string of the molecule is COc1cc(-c2nnnn2C(C)CCS(C)=O)ccc1N. The quantitative estimate of drug-likeness (QED) is 0.807. The molecular formula is C13H19N5O2S. The van der Waals surface area contributed by atoms with Gasteiger partial charge in [0.2, 0.25) is 0 Å². The molecule has 2 atom stereocenters. The summed E-state index contributed by atoms with van der Waals surface area (Å²) < 4.78 is 18.2. The Morgan fingerprint density at radius 2 is 2.24 bits per heavy atom. The highest BCUT2D eigenvalue weighted by Gasteiger charge is 2.16. The van der Waals surface area contributed by atoms with Crippen molar-refractivity contribution < 1.29 is 8.95 Å². The number of benzene rings is 1. The number of aromatic nitrogens is 4. The summed E-state index contributed by atoms with van der Waals surface area (Å²) in [7, 11) is 0.742. The predicted octanol–water partition coefficient (Wildman–Crippen LogP) is 1.26. The topological polar surface area (TPSA) is 95.9 Å². The second kappa shape index (κ2) is 6.66. The summed E-state index contributed by atoms with van der Waals surface area (Å²) in [4.78, 5) is 0. The number of hydrogen-bond acceptors (Lipinski definition) is 6. The van der Waals surface area contributed by atoms with Gasteiger partial charge in [0, 0.05) is 28.4 Å². The molecule has 0 aliphatic rings. The van der Waals surface area contributed by atoms with Crippen LogP contribution in [0.25, 0.3) is 11.4 Å². The molecule has 7 nitrogen and oxygen atoms in total. The van der Waals surface area contributed by atoms with Crippen molar-refractivity contribution in [2.45, 2.75) is 19.4 Å². The number of methoxy groups -OCH3 is 1. The summed E-state index contributed by atoms with van der Waals surface area (Å²) in [6.45, 7) is 2.00. The van der Waals surface area contributed by atoms with Crippen molar-refractivity contribution in [3.05, 3.63) is 18.2 Å². The Kier molecular flexibility index (Phi) is 4.89. The Hall–Kier alpha value is -1.96. The Labute approximate surface area is 125 Å². The van der Waals surface area contributed by atoms with Crippen LogP contribution in [0.15, 0.2) is 18.2 Å². The molecule has 0 aliphatic carbocycles. The van der Waals surface area contributed by atoms with E-state index in [1.54, 1.807) is 24.1 Å². The zero-order valence-electron chi connectivity index (χ0n) is 12.3. The fourth-order valence-corrected chi connectivity index (χ4v) is 2.66. The van der Waals surface area contributed by atoms with Crippen LogP contribution >= 0.6 is 0 Å². The maximum absolute atomic E-state index is 11.2. The Balaban J connectivity index is 2.29. The van der Waals surface area contributed by atoms with E-state index in [0.717, 1.165) is 12.0 Å². The van der Waals surface area contributed by atoms with Crippen molar-refractivity contribution in [3.8, 4) is 17.1 Å². The first-order valence-electron chi connectivity index (χ1n) is 6.54. The van der Waals surface area contributed by atoms with E-state index in [2.05, 4.69) is 15.5 Å². The van der Waals surface area contributed by atoms with E-state index in [9.17, 15) is 4.21 Å². The predicted molar refractivity (Wildman–Crippen MR) is 82.5 cm³/mol. The molecule has 114 valence electrons. The van der Waals surface area contributed by atoms with Crippen molar-refractivity contribution in [2.24, 2.45) is 0 Å². The van der Waals surface area contributed by atoms with Gasteiger partial charge >= 0.3 is 0 Å². The molecule has 1 aromatic carbocycles. The van der Waals surface area contributed by atoms with Crippen LogP contribution in [0.3, 0.4) is 0 Å². The molecule has 0 fully saturated rings. The standard InChI is InChI=1S/C13H19N5O2S/c1-9(6-7-21(3)19)18-13(15-16-17-18)10-4-5-11(14)12(8-10)20-2/h4-5,8-9H,6-7,14H2,1-3H3. The van der Waals surface area contributed by atoms with Gasteiger partial charge < -0.3 is 10.5 Å². The molecule has 8 heteroatoms. The molecule has 0 saturated heterocycles. The lowest BCUT2D eigenvalue weighted by Gasteiger charge is -2.13. The number of nitrogen functional groups attached to an aromatic ring is 1. The van der Waals surface area contributed by atoms with Gasteiger partial charge in [-0.2, -0.15) is 0 Å². The highest BCUT2D eigenvalue weighted by molar-refractivity contribution is 7.84. The molecule has 21 heavy (non-hydrogen) atoms. The number of rotatable bonds is 6. The Morgan fingerprint density at radius 3 is 2.90 bits per heavy atom. The van der Waals surface area contributed by atoms with Gasteiger partial charge in [-0.1, -0.05) is 0 Å². The minimum atomic E-state index is -0.826. The average Bonchev–Trinajstić information content (AvgIpc) is 2.94. The molecule has 2 aromatic rings. The largest absolute Gasteiger partial charge is 0.495 e. The minimum Gasteiger partial charge on any atom is -0.495 e. The summed E-state index contributed by atoms with van der Waals surface area (Å²) >= 11 is 0. The molecule has 2 unspecified atom stereocenters. The highest BCUT2D eigenvalue weighted by atomic mass is 32.2. The zero-order valence-corrected chi connectivity index (χ0v) is 13.1. The molecule has 1 aromatic heterocycles. The summed E-state index contributed by atoms with van der Waals surface area (Å²) in [6.07, 6.45) is 2.44. The van der Waals surface area contributed by atoms with Crippen LogP contribution in [0.4, 0.5) is 5.69 Å². The van der Waals surface area contributed by atoms with E-state index in [4.69, 9.17) is 10.5 Å². The molecule has 0 amide bonds. The zero-order chi connectivity index (χ0) is 15.4. The van der Waals surface area contributed by atoms with E-state index in [1.165, 1.54) is 0 Å². The van der Waals surface area contributed by atoms with Gasteiger partial charge in [0.05, 0.1) is 18.8 Å². The van der Waals surface area contributed by atoms with E-state index < -0.39 is 10.8 Å². The van der Waals surface area contributed by atoms with Crippen molar-refractivity contribution in [1.29, 1.82) is 0 Å². The van der Waals surface area contributed by atoms with Crippen LogP contribution < -0.4 is 10.5 Å². The fourth-order valence-electron chi connectivity index (χ4n) is 1.99. The summed E-state index contributed by atoms with van der Waals surface area (Å²) in [5.41, 5.74) is 7.21. The number of nitrogens with two attached hydrogens (primary N) is 1. The molecule has 1 heterocycles. The molecule has 0 spiro atoms. The summed E-state index contributed by atoms with van der Waals surface area (Å²) in [6, 6.07) is 5.48. The maximum Gasteiger partial charge on any atom is 0.182 e. The number of anilines is 1. The first kappa shape index (κ1) is 15.4. The lowest BCUT2D eigenvalue weighted by molar-refractivity contribution is 0.417. The van der Waals surface area contributed by atoms with Crippen LogP contribution in [-0.4, -0.2) is 43.5 Å². The van der Waals surface area contributed by atoms with Crippen LogP contribution in [0.2, 0.25) is 0 Å². The number of nitrogens with zero attached hydrogens (tertiary/aromatic N) is 4. The molecule has 0 radical (unpaired) electrons. The average molecular weight is 309 g/mol. The van der Waals surface area contributed by atoms with Crippen molar-refractivity contribution in [3.63, 3.8) is 0 Å². The molecule has 2 rings (SSSR count). The van der Waals surface area contributed by atoms with Crippen LogP contribution in [0.1, 0.15) is 19.4 Å². The van der Waals surface area contributed by atoms with Crippen molar-refractivity contribution >= 4 is 16.5 Å². The molecule has 0 aliphatic heterocycles. The first-order valence-corrected chi connectivity index (χ1v) is 8.27. The third-order valence-corrected chi connectivity index (χ3v) is 4.04. The third kappa shape index (κ3) is 3.57. The van der Waals surface area contributed by atoms with Crippen LogP contribution in [0, 0.1) is 0 Å². The molecule has 0 saturated carbocycles. The maximum atomic E-state index is 11.2. The summed E-state index contributed by atoms with van der Waals surface area (Å²) in [5.74, 6) is 1.85. The van der Waals surface area contributed by atoms with Gasteiger partial charge in [-0.3, -0.25) is 4.21 Å². The lowest BCUT2D eigenvalue weighted by Crippen LogP contribution is -2.12. The van der Waals surface area contributed by atoms with E-state index in [1.807, 2.05) is 19.1 Å². The number of tetrazole rings is 1. The number of hydrogen-bond donors (Lipinski definition) is 1. The lowest BCUT2D eigenvalue weighted by atomic mass is 10.1. The second-order valence-electron chi connectivity index (χ2n) is 4.82. The normalized spacial score (nSPS) is 13.9. The second-order valence-corrected chi connectivity index (χ2v) is 6.37. The van der Waals surface area contributed by atoms with Gasteiger partial charge in [-0.15, -0.1) is 5.10 Å². The summed E-state index contributed by atoms with van der Waals surface area (Å²) in [5, 5.41) is 11.8. The fraction of sp³-hybridized carbons (Fsp3) is 0.462. The smallest absolute Gasteiger partial charge is 0.182 e. The molecule has 0 bridgehead atoms. The van der Waals surface area contributed by atoms with Crippen LogP contribution in [0.5, 0.6) is 5.75 Å². The van der Waals surface area contributed by atoms with Crippen molar-refractivity contribution in [1.82, 2.24) is 20.2 Å². The van der Waals surface area contributed by atoms with Gasteiger partial charge in [-0.25, -0.2) is 4.68 Å². The molecule has 2 N–H and O–H groups in total. The van der Waals surface area contributed by atoms with Gasteiger partial charge in [0.25, 0.3) is 0 Å². The third-order valence-electron chi connectivity index (χ3n) is 3.23. The van der Waals surface area contributed by atoms with Gasteiger partial charge in [0.15, 0.2) is 5.82 Å². The Morgan fingerprint density at radius 1 is 1.48 bits per heavy atom. The van der Waals surface area contributed by atoms with Crippen LogP contribution in [-0.2, 0) is 10.8 Å². The van der Waals surface area contributed by atoms with E-state index in [0.29, 0.717) is 23.0 Å². The van der Waals surface area contributed by atoms with Gasteiger partial charge in [-0.05, 0) is 42.0 Å². The number of ether oxygens (including phenoxy) is 1. The van der Waals surface area contributed by atoms with E-state index in [-0.39, 0.29) is 6.04 Å². The highest BCUT2D eigenvalue weighted by Crippen LogP contribution is 2.28. The Bertz CT molecular complexity index is 643. The van der Waals surface area contributed by atoms with Crippen molar-refractivity contribution in [2.75, 3.05) is 24.9 Å². The van der Waals surface area contributed by atoms with E-state index >= 15 is 0 Å². The molecular weight excluding hydrogens is 290 g/mol. The monoisotopic (exact) mass is 309 g/mol. The minimum absolute atomic E-state index is 0.0578. The first-order chi connectivity index (χ1) is 10.0. The van der Waals surface area contributed by atoms with Gasteiger partial charge in [0.1, 0.15) is 5.75 Å².